The number of rotatable bonds is 1. The Bertz CT molecular complexity index is 367. The average Bonchev–Trinajstić information content (AvgIpc) is 2.15. The third-order valence-corrected chi connectivity index (χ3v) is 1.65. The molecule has 0 aliphatic carbocycles. The molecular weight excluding hydrogens is 195 g/mol. The number of hydrogen-bond donors (Lipinski definition) is 1. The summed E-state index contributed by atoms with van der Waals surface area (Å²) in [5.41, 5.74) is -0.924. The summed E-state index contributed by atoms with van der Waals surface area (Å²) in [5.74, 6) is 0. The quantitative estimate of drug-likeness (QED) is 0.708. The number of hydrogen-bond acceptors (Lipinski definition) is 2. The van der Waals surface area contributed by atoms with Gasteiger partial charge in [0.15, 0.2) is 6.10 Å². The van der Waals surface area contributed by atoms with Crippen molar-refractivity contribution >= 4 is 0 Å². The number of aliphatic hydroxyl groups excluding tert-OH is 1. The van der Waals surface area contributed by atoms with Crippen LogP contribution < -0.4 is 0 Å². The van der Waals surface area contributed by atoms with E-state index in [1.54, 1.807) is 0 Å². The highest BCUT2D eigenvalue weighted by atomic mass is 19.4. The van der Waals surface area contributed by atoms with Gasteiger partial charge in [-0.1, -0.05) is 12.1 Å². The molecule has 0 amide bonds. The van der Waals surface area contributed by atoms with Crippen molar-refractivity contribution in [1.29, 1.82) is 5.26 Å². The van der Waals surface area contributed by atoms with Gasteiger partial charge in [-0.2, -0.15) is 18.4 Å². The van der Waals surface area contributed by atoms with Crippen molar-refractivity contribution in [3.05, 3.63) is 35.4 Å². The Hall–Kier alpha value is -1.54. The maximum atomic E-state index is 12.2. The van der Waals surface area contributed by atoms with Crippen LogP contribution >= 0.6 is 0 Å². The number of benzene rings is 1. The zero-order valence-corrected chi connectivity index (χ0v) is 6.92. The first-order valence-electron chi connectivity index (χ1n) is 3.70. The second kappa shape index (κ2) is 3.68. The summed E-state index contributed by atoms with van der Waals surface area (Å²) in [6, 6.07) is 5.51. The molecule has 0 unspecified atom stereocenters. The molecular formula is C9H6F3NO. The third-order valence-electron chi connectivity index (χ3n) is 1.65. The summed E-state index contributed by atoms with van der Waals surface area (Å²) >= 11 is 0. The molecule has 1 N–H and O–H groups in total. The largest absolute Gasteiger partial charge is 0.416 e. The van der Waals surface area contributed by atoms with E-state index < -0.39 is 17.8 Å². The minimum absolute atomic E-state index is 0.0534. The van der Waals surface area contributed by atoms with E-state index in [1.165, 1.54) is 12.1 Å². The fourth-order valence-electron chi connectivity index (χ4n) is 0.960. The van der Waals surface area contributed by atoms with Crippen molar-refractivity contribution in [2.24, 2.45) is 0 Å². The van der Waals surface area contributed by atoms with Gasteiger partial charge in [0.2, 0.25) is 0 Å². The van der Waals surface area contributed by atoms with Crippen molar-refractivity contribution in [1.82, 2.24) is 0 Å². The highest BCUT2D eigenvalue weighted by Crippen LogP contribution is 2.30. The van der Waals surface area contributed by atoms with E-state index >= 15 is 0 Å². The molecule has 5 heteroatoms. The predicted octanol–water partition coefficient (Wildman–Crippen LogP) is 2.26. The van der Waals surface area contributed by atoms with E-state index in [0.717, 1.165) is 18.2 Å². The Balaban J connectivity index is 3.09. The lowest BCUT2D eigenvalue weighted by atomic mass is 10.1. The summed E-state index contributed by atoms with van der Waals surface area (Å²) in [4.78, 5) is 0. The molecule has 1 aromatic carbocycles. The molecule has 1 aromatic rings. The monoisotopic (exact) mass is 201 g/mol. The third kappa shape index (κ3) is 2.24. The lowest BCUT2D eigenvalue weighted by Crippen LogP contribution is -2.06. The van der Waals surface area contributed by atoms with E-state index in [2.05, 4.69) is 0 Å². The van der Waals surface area contributed by atoms with Crippen LogP contribution in [0.25, 0.3) is 0 Å². The predicted molar refractivity (Wildman–Crippen MR) is 42.0 cm³/mol. The summed E-state index contributed by atoms with van der Waals surface area (Å²) in [6.07, 6.45) is -5.97. The molecule has 14 heavy (non-hydrogen) atoms. The first-order chi connectivity index (χ1) is 6.45. The Labute approximate surface area is 78.2 Å². The molecule has 0 spiro atoms. The van der Waals surface area contributed by atoms with E-state index in [9.17, 15) is 13.2 Å². The van der Waals surface area contributed by atoms with E-state index in [1.807, 2.05) is 0 Å². The van der Waals surface area contributed by atoms with Gasteiger partial charge in [0.05, 0.1) is 11.6 Å². The maximum absolute atomic E-state index is 12.2. The average molecular weight is 201 g/mol. The first-order valence-corrected chi connectivity index (χ1v) is 3.70. The van der Waals surface area contributed by atoms with Gasteiger partial charge in [-0.05, 0) is 17.7 Å². The number of halogens is 3. The Morgan fingerprint density at radius 2 is 2.00 bits per heavy atom. The van der Waals surface area contributed by atoms with E-state index in [0.29, 0.717) is 0 Å². The molecule has 2 nitrogen and oxygen atoms in total. The lowest BCUT2D eigenvalue weighted by molar-refractivity contribution is -0.137. The second-order valence-electron chi connectivity index (χ2n) is 2.65. The molecule has 0 aromatic heterocycles. The Kier molecular flexibility index (Phi) is 2.77. The number of nitriles is 1. The van der Waals surface area contributed by atoms with Gasteiger partial charge < -0.3 is 5.11 Å². The van der Waals surface area contributed by atoms with E-state index in [-0.39, 0.29) is 5.56 Å². The maximum Gasteiger partial charge on any atom is 0.416 e. The fraction of sp³-hybridized carbons (Fsp3) is 0.222. The lowest BCUT2D eigenvalue weighted by Gasteiger charge is -2.08. The minimum atomic E-state index is -4.45. The molecule has 0 fully saturated rings. The normalized spacial score (nSPS) is 13.4. The molecule has 0 radical (unpaired) electrons. The van der Waals surface area contributed by atoms with Crippen molar-refractivity contribution in [2.45, 2.75) is 12.3 Å². The summed E-state index contributed by atoms with van der Waals surface area (Å²) in [6.45, 7) is 0. The summed E-state index contributed by atoms with van der Waals surface area (Å²) in [5, 5.41) is 17.3. The van der Waals surface area contributed by atoms with Gasteiger partial charge in [0.25, 0.3) is 0 Å². The fourth-order valence-corrected chi connectivity index (χ4v) is 0.960. The second-order valence-corrected chi connectivity index (χ2v) is 2.65. The smallest absolute Gasteiger partial charge is 0.374 e. The topological polar surface area (TPSA) is 44.0 Å². The molecule has 0 saturated heterocycles. The Morgan fingerprint density at radius 3 is 2.50 bits per heavy atom. The molecule has 0 aliphatic rings. The van der Waals surface area contributed by atoms with Crippen LogP contribution in [0.3, 0.4) is 0 Å². The van der Waals surface area contributed by atoms with Crippen LogP contribution in [0.2, 0.25) is 0 Å². The molecule has 0 heterocycles. The molecule has 74 valence electrons. The summed E-state index contributed by atoms with van der Waals surface area (Å²) < 4.78 is 36.5. The first kappa shape index (κ1) is 10.5. The molecule has 0 bridgehead atoms. The van der Waals surface area contributed by atoms with Crippen molar-refractivity contribution in [3.63, 3.8) is 0 Å². The van der Waals surface area contributed by atoms with Gasteiger partial charge in [0, 0.05) is 0 Å². The van der Waals surface area contributed by atoms with Crippen LogP contribution in [-0.2, 0) is 6.18 Å². The van der Waals surface area contributed by atoms with Crippen LogP contribution in [0.15, 0.2) is 24.3 Å². The van der Waals surface area contributed by atoms with E-state index in [4.69, 9.17) is 10.4 Å². The van der Waals surface area contributed by atoms with Gasteiger partial charge in [-0.15, -0.1) is 0 Å². The highest BCUT2D eigenvalue weighted by molar-refractivity contribution is 5.29. The van der Waals surface area contributed by atoms with Gasteiger partial charge >= 0.3 is 6.18 Å². The van der Waals surface area contributed by atoms with Crippen LogP contribution in [0, 0.1) is 11.3 Å². The zero-order chi connectivity index (χ0) is 10.8. The van der Waals surface area contributed by atoms with Gasteiger partial charge in [-0.3, -0.25) is 0 Å². The minimum Gasteiger partial charge on any atom is -0.374 e. The SMILES string of the molecule is N#C[C@@H](O)c1cccc(C(F)(F)F)c1. The number of nitrogens with zero attached hydrogens (tertiary/aromatic N) is 1. The van der Waals surface area contributed by atoms with Crippen molar-refractivity contribution in [2.75, 3.05) is 0 Å². The van der Waals surface area contributed by atoms with Crippen molar-refractivity contribution in [3.8, 4) is 6.07 Å². The van der Waals surface area contributed by atoms with Crippen molar-refractivity contribution < 1.29 is 18.3 Å². The van der Waals surface area contributed by atoms with Crippen LogP contribution in [0.1, 0.15) is 17.2 Å². The van der Waals surface area contributed by atoms with Gasteiger partial charge in [-0.25, -0.2) is 0 Å². The number of alkyl halides is 3. The molecule has 1 atom stereocenters. The zero-order valence-electron chi connectivity index (χ0n) is 6.92. The van der Waals surface area contributed by atoms with Crippen LogP contribution in [0.4, 0.5) is 13.2 Å². The number of aliphatic hydroxyl groups is 1. The highest BCUT2D eigenvalue weighted by Gasteiger charge is 2.30. The Morgan fingerprint density at radius 1 is 1.36 bits per heavy atom. The van der Waals surface area contributed by atoms with Crippen LogP contribution in [0.5, 0.6) is 0 Å². The standard InChI is InChI=1S/C9H6F3NO/c10-9(11,12)7-3-1-2-6(4-7)8(14)5-13/h1-4,8,14H/t8-/m1/s1. The molecule has 1 rings (SSSR count). The van der Waals surface area contributed by atoms with Gasteiger partial charge in [0.1, 0.15) is 0 Å². The summed E-state index contributed by atoms with van der Waals surface area (Å²) in [7, 11) is 0. The van der Waals surface area contributed by atoms with Crippen LogP contribution in [-0.4, -0.2) is 5.11 Å². The molecule has 0 saturated carbocycles. The molecule has 0 aliphatic heterocycles.